The van der Waals surface area contributed by atoms with Crippen LogP contribution < -0.4 is 5.73 Å². The van der Waals surface area contributed by atoms with E-state index < -0.39 is 0 Å². The highest BCUT2D eigenvalue weighted by Crippen LogP contribution is 2.26. The zero-order chi connectivity index (χ0) is 12.7. The summed E-state index contributed by atoms with van der Waals surface area (Å²) in [6.45, 7) is 2.84. The van der Waals surface area contributed by atoms with Crippen molar-refractivity contribution in [3.8, 4) is 0 Å². The minimum absolute atomic E-state index is 0.503. The molecule has 5 heteroatoms. The molecule has 18 heavy (non-hydrogen) atoms. The van der Waals surface area contributed by atoms with Gasteiger partial charge in [0.05, 0.1) is 17.1 Å². The Labute approximate surface area is 114 Å². The van der Waals surface area contributed by atoms with E-state index in [0.29, 0.717) is 11.0 Å². The lowest BCUT2D eigenvalue weighted by Gasteiger charge is -2.06. The number of fused-ring (bicyclic) bond motifs is 1. The lowest BCUT2D eigenvalue weighted by molar-refractivity contribution is 0.836. The van der Waals surface area contributed by atoms with Crippen molar-refractivity contribution >= 4 is 39.9 Å². The molecular formula is C13H12ClN3S. The van der Waals surface area contributed by atoms with Gasteiger partial charge in [-0.1, -0.05) is 17.7 Å². The second kappa shape index (κ2) is 4.30. The van der Waals surface area contributed by atoms with E-state index in [2.05, 4.69) is 22.7 Å². The molecule has 3 nitrogen and oxygen atoms in total. The average molecular weight is 278 g/mol. The average Bonchev–Trinajstić information content (AvgIpc) is 2.87. The Morgan fingerprint density at radius 3 is 2.94 bits per heavy atom. The van der Waals surface area contributed by atoms with Gasteiger partial charge in [0.2, 0.25) is 5.95 Å². The Hall–Kier alpha value is -1.52. The number of para-hydroxylation sites is 1. The highest BCUT2D eigenvalue weighted by Gasteiger charge is 2.11. The molecule has 2 heterocycles. The van der Waals surface area contributed by atoms with Crippen LogP contribution in [0, 0.1) is 6.92 Å². The Bertz CT molecular complexity index is 714. The fourth-order valence-corrected chi connectivity index (χ4v) is 3.08. The van der Waals surface area contributed by atoms with Gasteiger partial charge in [-0.05, 0) is 40.9 Å². The molecule has 0 radical (unpaired) electrons. The number of aryl methyl sites for hydroxylation is 1. The molecule has 1 aromatic carbocycles. The van der Waals surface area contributed by atoms with Crippen LogP contribution in [0.1, 0.15) is 11.1 Å². The Morgan fingerprint density at radius 1 is 1.39 bits per heavy atom. The third-order valence-corrected chi connectivity index (χ3v) is 4.26. The summed E-state index contributed by atoms with van der Waals surface area (Å²) in [6.07, 6.45) is 0. The van der Waals surface area contributed by atoms with Gasteiger partial charge in [0.25, 0.3) is 0 Å². The summed E-state index contributed by atoms with van der Waals surface area (Å²) >= 11 is 7.83. The highest BCUT2D eigenvalue weighted by atomic mass is 35.5. The molecular weight excluding hydrogens is 266 g/mol. The molecule has 0 saturated heterocycles. The minimum atomic E-state index is 0.503. The third kappa shape index (κ3) is 1.78. The number of hydrogen-bond acceptors (Lipinski definition) is 3. The van der Waals surface area contributed by atoms with Crippen LogP contribution in [0.25, 0.3) is 11.0 Å². The monoisotopic (exact) mass is 277 g/mol. The molecule has 2 N–H and O–H groups in total. The van der Waals surface area contributed by atoms with Crippen molar-refractivity contribution in [2.24, 2.45) is 0 Å². The fourth-order valence-electron chi connectivity index (χ4n) is 2.02. The maximum absolute atomic E-state index is 6.13. The van der Waals surface area contributed by atoms with Crippen molar-refractivity contribution in [1.82, 2.24) is 9.55 Å². The van der Waals surface area contributed by atoms with Crippen LogP contribution >= 0.6 is 22.9 Å². The predicted molar refractivity (Wildman–Crippen MR) is 77.3 cm³/mol. The molecule has 0 aliphatic heterocycles. The molecule has 0 unspecified atom stereocenters. The number of halogens is 1. The van der Waals surface area contributed by atoms with Gasteiger partial charge >= 0.3 is 0 Å². The summed E-state index contributed by atoms with van der Waals surface area (Å²) in [6, 6.07) is 5.74. The number of benzene rings is 1. The summed E-state index contributed by atoms with van der Waals surface area (Å²) in [4.78, 5) is 4.34. The summed E-state index contributed by atoms with van der Waals surface area (Å²) in [5.74, 6) is 0.503. The van der Waals surface area contributed by atoms with Crippen LogP contribution in [0.5, 0.6) is 0 Å². The maximum atomic E-state index is 6.13. The molecule has 92 valence electrons. The molecule has 3 aromatic rings. The van der Waals surface area contributed by atoms with E-state index >= 15 is 0 Å². The van der Waals surface area contributed by atoms with E-state index in [1.807, 2.05) is 22.8 Å². The number of imidazole rings is 1. The van der Waals surface area contributed by atoms with Gasteiger partial charge < -0.3 is 10.3 Å². The van der Waals surface area contributed by atoms with E-state index in [-0.39, 0.29) is 0 Å². The highest BCUT2D eigenvalue weighted by molar-refractivity contribution is 7.08. The lowest BCUT2D eigenvalue weighted by atomic mass is 10.2. The molecule has 0 fully saturated rings. The van der Waals surface area contributed by atoms with Crippen LogP contribution in [0.2, 0.25) is 5.02 Å². The van der Waals surface area contributed by atoms with Crippen LogP contribution in [0.15, 0.2) is 29.0 Å². The molecule has 0 bridgehead atoms. The fraction of sp³-hybridized carbons (Fsp3) is 0.154. The molecule has 3 rings (SSSR count). The van der Waals surface area contributed by atoms with Gasteiger partial charge in [-0.25, -0.2) is 4.98 Å². The topological polar surface area (TPSA) is 43.8 Å². The first kappa shape index (κ1) is 11.6. The summed E-state index contributed by atoms with van der Waals surface area (Å²) in [5.41, 5.74) is 10.3. The first-order chi connectivity index (χ1) is 8.66. The normalized spacial score (nSPS) is 11.2. The van der Waals surface area contributed by atoms with Gasteiger partial charge in [0, 0.05) is 0 Å². The standard InChI is InChI=1S/C13H12ClN3S/c1-8-6-18-7-9(8)5-17-11-4-2-3-10(14)12(11)16-13(17)15/h2-4,6-7H,5H2,1H3,(H2,15,16). The quantitative estimate of drug-likeness (QED) is 0.776. The molecule has 0 atom stereocenters. The molecule has 0 aliphatic rings. The first-order valence-corrected chi connectivity index (χ1v) is 6.91. The number of rotatable bonds is 2. The maximum Gasteiger partial charge on any atom is 0.201 e. The lowest BCUT2D eigenvalue weighted by Crippen LogP contribution is -2.04. The van der Waals surface area contributed by atoms with E-state index in [0.717, 1.165) is 17.6 Å². The first-order valence-electron chi connectivity index (χ1n) is 5.58. The second-order valence-corrected chi connectivity index (χ2v) is 5.39. The predicted octanol–water partition coefficient (Wildman–Crippen LogP) is 3.69. The summed E-state index contributed by atoms with van der Waals surface area (Å²) in [5, 5.41) is 4.92. The third-order valence-electron chi connectivity index (χ3n) is 3.05. The van der Waals surface area contributed by atoms with E-state index in [1.54, 1.807) is 11.3 Å². The molecule has 0 aliphatic carbocycles. The van der Waals surface area contributed by atoms with Gasteiger partial charge in [0.1, 0.15) is 5.52 Å². The van der Waals surface area contributed by atoms with Crippen LogP contribution in [0.4, 0.5) is 5.95 Å². The van der Waals surface area contributed by atoms with Crippen LogP contribution in [-0.2, 0) is 6.54 Å². The number of aromatic nitrogens is 2. The Morgan fingerprint density at radius 2 is 2.22 bits per heavy atom. The van der Waals surface area contributed by atoms with Crippen LogP contribution in [-0.4, -0.2) is 9.55 Å². The van der Waals surface area contributed by atoms with Gasteiger partial charge in [0.15, 0.2) is 0 Å². The zero-order valence-electron chi connectivity index (χ0n) is 9.85. The van der Waals surface area contributed by atoms with Crippen molar-refractivity contribution in [3.05, 3.63) is 45.1 Å². The second-order valence-electron chi connectivity index (χ2n) is 4.24. The Balaban J connectivity index is 2.15. The molecule has 0 saturated carbocycles. The van der Waals surface area contributed by atoms with Crippen molar-refractivity contribution in [3.63, 3.8) is 0 Å². The SMILES string of the molecule is Cc1cscc1Cn1c(N)nc2c(Cl)cccc21. The molecule has 2 aromatic heterocycles. The van der Waals surface area contributed by atoms with Gasteiger partial charge in [-0.3, -0.25) is 0 Å². The zero-order valence-corrected chi connectivity index (χ0v) is 11.4. The minimum Gasteiger partial charge on any atom is -0.369 e. The molecule has 0 amide bonds. The molecule has 0 spiro atoms. The van der Waals surface area contributed by atoms with E-state index in [9.17, 15) is 0 Å². The number of hydrogen-bond donors (Lipinski definition) is 1. The smallest absolute Gasteiger partial charge is 0.201 e. The Kier molecular flexibility index (Phi) is 2.76. The summed E-state index contributed by atoms with van der Waals surface area (Å²) in [7, 11) is 0. The van der Waals surface area contributed by atoms with Crippen molar-refractivity contribution < 1.29 is 0 Å². The number of nitrogens with two attached hydrogens (primary N) is 1. The van der Waals surface area contributed by atoms with Crippen LogP contribution in [0.3, 0.4) is 0 Å². The number of anilines is 1. The summed E-state index contributed by atoms with van der Waals surface area (Å²) < 4.78 is 2.00. The number of nitrogens with zero attached hydrogens (tertiary/aromatic N) is 2. The van der Waals surface area contributed by atoms with Crippen molar-refractivity contribution in [1.29, 1.82) is 0 Å². The largest absolute Gasteiger partial charge is 0.369 e. The van der Waals surface area contributed by atoms with E-state index in [1.165, 1.54) is 11.1 Å². The van der Waals surface area contributed by atoms with Gasteiger partial charge in [-0.15, -0.1) is 0 Å². The van der Waals surface area contributed by atoms with Crippen molar-refractivity contribution in [2.45, 2.75) is 13.5 Å². The number of nitrogen functional groups attached to an aromatic ring is 1. The van der Waals surface area contributed by atoms with Gasteiger partial charge in [-0.2, -0.15) is 11.3 Å². The van der Waals surface area contributed by atoms with E-state index in [4.69, 9.17) is 17.3 Å². The van der Waals surface area contributed by atoms with Crippen molar-refractivity contribution in [2.75, 3.05) is 5.73 Å². The number of thiophene rings is 1.